The summed E-state index contributed by atoms with van der Waals surface area (Å²) in [5.41, 5.74) is 21.5. The van der Waals surface area contributed by atoms with Crippen LogP contribution in [0.25, 0.3) is 5.57 Å². The summed E-state index contributed by atoms with van der Waals surface area (Å²) in [6.07, 6.45) is 7.85. The molecule has 2 rings (SSSR count). The molecule has 22 heavy (non-hydrogen) atoms. The molecule has 1 aliphatic rings. The molecule has 1 heterocycles. The van der Waals surface area contributed by atoms with Crippen LogP contribution in [0.5, 0.6) is 0 Å². The van der Waals surface area contributed by atoms with E-state index < -0.39 is 0 Å². The Bertz CT molecular complexity index is 639. The average molecular weight is 299 g/mol. The highest BCUT2D eigenvalue weighted by Crippen LogP contribution is 2.46. The highest BCUT2D eigenvalue weighted by atomic mass is 15.1. The number of nitrogen functional groups attached to an aromatic ring is 2. The Morgan fingerprint density at radius 1 is 1.05 bits per heavy atom. The monoisotopic (exact) mass is 299 g/mol. The minimum atomic E-state index is 0.821. The molecule has 0 saturated heterocycles. The van der Waals surface area contributed by atoms with Gasteiger partial charge in [0.05, 0.1) is 5.69 Å². The van der Waals surface area contributed by atoms with Crippen molar-refractivity contribution in [2.75, 3.05) is 22.9 Å². The number of nitrogens with two attached hydrogens (primary N) is 2. The number of unbranched alkanes of at least 4 members (excludes halogenated alkanes) is 1. The zero-order chi connectivity index (χ0) is 16.4. The molecular formula is C19H29N3. The smallest absolute Gasteiger partial charge is 0.0557 e. The van der Waals surface area contributed by atoms with Crippen molar-refractivity contribution in [3.05, 3.63) is 34.5 Å². The normalized spacial score (nSPS) is 16.0. The predicted octanol–water partition coefficient (Wildman–Crippen LogP) is 4.79. The topological polar surface area (TPSA) is 55.3 Å². The molecule has 0 aliphatic carbocycles. The number of nitrogens with zero attached hydrogens (tertiary/aromatic N) is 1. The van der Waals surface area contributed by atoms with Crippen molar-refractivity contribution in [1.82, 2.24) is 0 Å². The van der Waals surface area contributed by atoms with Crippen LogP contribution in [-0.2, 0) is 0 Å². The van der Waals surface area contributed by atoms with Crippen LogP contribution in [0.2, 0.25) is 0 Å². The van der Waals surface area contributed by atoms with Crippen LogP contribution in [0.15, 0.2) is 17.8 Å². The SMILES string of the molecule is CCC=C1C(C)=CN(CCCC)c2c(C)c(N)c(C)c(N)c21. The number of allylic oxidation sites excluding steroid dienone is 3. The average Bonchev–Trinajstić information content (AvgIpc) is 2.50. The fourth-order valence-electron chi connectivity index (χ4n) is 3.23. The van der Waals surface area contributed by atoms with Gasteiger partial charge in [-0.25, -0.2) is 0 Å². The second-order valence-corrected chi connectivity index (χ2v) is 6.19. The minimum Gasteiger partial charge on any atom is -0.398 e. The first-order valence-electron chi connectivity index (χ1n) is 8.28. The van der Waals surface area contributed by atoms with E-state index in [1.54, 1.807) is 0 Å². The van der Waals surface area contributed by atoms with Gasteiger partial charge in [-0.3, -0.25) is 0 Å². The van der Waals surface area contributed by atoms with Gasteiger partial charge in [-0.05, 0) is 55.9 Å². The third-order valence-corrected chi connectivity index (χ3v) is 4.57. The van der Waals surface area contributed by atoms with Crippen LogP contribution < -0.4 is 16.4 Å². The van der Waals surface area contributed by atoms with Crippen molar-refractivity contribution in [2.45, 2.75) is 53.9 Å². The van der Waals surface area contributed by atoms with Gasteiger partial charge in [-0.1, -0.05) is 26.3 Å². The Balaban J connectivity index is 2.74. The molecule has 1 aromatic rings. The van der Waals surface area contributed by atoms with Gasteiger partial charge in [0.2, 0.25) is 0 Å². The number of fused-ring (bicyclic) bond motifs is 1. The van der Waals surface area contributed by atoms with Crippen LogP contribution in [0.4, 0.5) is 17.1 Å². The quantitative estimate of drug-likeness (QED) is 0.786. The van der Waals surface area contributed by atoms with E-state index in [1.807, 2.05) is 6.92 Å². The molecule has 3 heteroatoms. The maximum absolute atomic E-state index is 6.47. The summed E-state index contributed by atoms with van der Waals surface area (Å²) < 4.78 is 0. The van der Waals surface area contributed by atoms with Crippen LogP contribution in [0.1, 0.15) is 56.7 Å². The van der Waals surface area contributed by atoms with Crippen molar-refractivity contribution in [2.24, 2.45) is 0 Å². The van der Waals surface area contributed by atoms with Crippen LogP contribution in [0, 0.1) is 13.8 Å². The summed E-state index contributed by atoms with van der Waals surface area (Å²) in [7, 11) is 0. The van der Waals surface area contributed by atoms with Crippen molar-refractivity contribution in [3.8, 4) is 0 Å². The largest absolute Gasteiger partial charge is 0.398 e. The minimum absolute atomic E-state index is 0.821. The number of rotatable bonds is 4. The molecule has 0 atom stereocenters. The molecule has 3 nitrogen and oxygen atoms in total. The molecule has 0 spiro atoms. The van der Waals surface area contributed by atoms with Crippen molar-refractivity contribution < 1.29 is 0 Å². The Labute approximate surface area is 134 Å². The third kappa shape index (κ3) is 2.60. The fraction of sp³-hybridized carbons (Fsp3) is 0.474. The number of hydrogen-bond acceptors (Lipinski definition) is 3. The zero-order valence-corrected chi connectivity index (χ0v) is 14.6. The lowest BCUT2D eigenvalue weighted by Crippen LogP contribution is -2.25. The van der Waals surface area contributed by atoms with Gasteiger partial charge in [0.25, 0.3) is 0 Å². The van der Waals surface area contributed by atoms with Crippen LogP contribution in [-0.4, -0.2) is 6.54 Å². The molecular weight excluding hydrogens is 270 g/mol. The van der Waals surface area contributed by atoms with Gasteiger partial charge >= 0.3 is 0 Å². The van der Waals surface area contributed by atoms with Crippen LogP contribution >= 0.6 is 0 Å². The van der Waals surface area contributed by atoms with Gasteiger partial charge in [0, 0.05) is 29.7 Å². The summed E-state index contributed by atoms with van der Waals surface area (Å²) in [5.74, 6) is 0. The first-order chi connectivity index (χ1) is 10.4. The standard InChI is InChI=1S/C19H29N3/c1-6-8-10-22-11-12(3)15(9-7-2)16-18(21)13(4)17(20)14(5)19(16)22/h9,11H,6-8,10,20-21H2,1-5H3. The van der Waals surface area contributed by atoms with E-state index in [0.29, 0.717) is 0 Å². The van der Waals surface area contributed by atoms with E-state index in [-0.39, 0.29) is 0 Å². The molecule has 1 aliphatic heterocycles. The first kappa shape index (κ1) is 16.5. The Hall–Kier alpha value is -1.90. The number of anilines is 3. The molecule has 0 unspecified atom stereocenters. The first-order valence-corrected chi connectivity index (χ1v) is 8.28. The highest BCUT2D eigenvalue weighted by Gasteiger charge is 2.26. The predicted molar refractivity (Wildman–Crippen MR) is 99.0 cm³/mol. The summed E-state index contributed by atoms with van der Waals surface area (Å²) in [4.78, 5) is 2.34. The van der Waals surface area contributed by atoms with Gasteiger partial charge in [0.15, 0.2) is 0 Å². The maximum atomic E-state index is 6.47. The second-order valence-electron chi connectivity index (χ2n) is 6.19. The summed E-state index contributed by atoms with van der Waals surface area (Å²) in [6.45, 7) is 11.7. The lowest BCUT2D eigenvalue weighted by Gasteiger charge is -2.34. The van der Waals surface area contributed by atoms with E-state index >= 15 is 0 Å². The second kappa shape index (κ2) is 6.47. The van der Waals surface area contributed by atoms with E-state index in [1.165, 1.54) is 28.8 Å². The molecule has 0 aromatic heterocycles. The Kier molecular flexibility index (Phi) is 4.84. The van der Waals surface area contributed by atoms with Crippen LogP contribution in [0.3, 0.4) is 0 Å². The van der Waals surface area contributed by atoms with E-state index in [4.69, 9.17) is 11.5 Å². The third-order valence-electron chi connectivity index (χ3n) is 4.57. The van der Waals surface area contributed by atoms with Crippen molar-refractivity contribution in [3.63, 3.8) is 0 Å². The number of hydrogen-bond donors (Lipinski definition) is 2. The lowest BCUT2D eigenvalue weighted by molar-refractivity contribution is 0.777. The van der Waals surface area contributed by atoms with E-state index in [2.05, 4.69) is 44.9 Å². The Morgan fingerprint density at radius 2 is 1.73 bits per heavy atom. The molecule has 0 saturated carbocycles. The molecule has 0 fully saturated rings. The van der Waals surface area contributed by atoms with Crippen molar-refractivity contribution in [1.29, 1.82) is 0 Å². The number of benzene rings is 1. The molecule has 1 aromatic carbocycles. The van der Waals surface area contributed by atoms with E-state index in [9.17, 15) is 0 Å². The highest BCUT2D eigenvalue weighted by molar-refractivity contribution is 5.99. The summed E-state index contributed by atoms with van der Waals surface area (Å²) in [5, 5.41) is 0. The van der Waals surface area contributed by atoms with Gasteiger partial charge in [0.1, 0.15) is 0 Å². The summed E-state index contributed by atoms with van der Waals surface area (Å²) >= 11 is 0. The molecule has 0 radical (unpaired) electrons. The lowest BCUT2D eigenvalue weighted by atomic mass is 9.87. The summed E-state index contributed by atoms with van der Waals surface area (Å²) in [6, 6.07) is 0. The molecule has 0 bridgehead atoms. The maximum Gasteiger partial charge on any atom is 0.0557 e. The Morgan fingerprint density at radius 3 is 2.32 bits per heavy atom. The molecule has 0 amide bonds. The van der Waals surface area contributed by atoms with E-state index in [0.717, 1.165) is 41.9 Å². The van der Waals surface area contributed by atoms with Gasteiger partial charge in [-0.2, -0.15) is 0 Å². The van der Waals surface area contributed by atoms with Gasteiger partial charge in [-0.15, -0.1) is 0 Å². The molecule has 120 valence electrons. The fourth-order valence-corrected chi connectivity index (χ4v) is 3.23. The van der Waals surface area contributed by atoms with Gasteiger partial charge < -0.3 is 16.4 Å². The van der Waals surface area contributed by atoms with Crippen molar-refractivity contribution >= 4 is 22.6 Å². The zero-order valence-electron chi connectivity index (χ0n) is 14.6. The molecule has 4 N–H and O–H groups in total.